The Labute approximate surface area is 164 Å². The topological polar surface area (TPSA) is 98.8 Å². The van der Waals surface area contributed by atoms with Gasteiger partial charge in [-0.25, -0.2) is 23.5 Å². The Morgan fingerprint density at radius 1 is 1.07 bits per heavy atom. The van der Waals surface area contributed by atoms with E-state index in [1.54, 1.807) is 18.2 Å². The molecule has 1 saturated carbocycles. The van der Waals surface area contributed by atoms with Gasteiger partial charge in [0.2, 0.25) is 10.0 Å². The normalized spacial score (nSPS) is 19.2. The minimum absolute atomic E-state index is 0.0609. The van der Waals surface area contributed by atoms with E-state index in [0.717, 1.165) is 12.3 Å². The smallest absolute Gasteiger partial charge is 0.263 e. The minimum atomic E-state index is -4.50. The average Bonchev–Trinajstić information content (AvgIpc) is 3.48. The molecule has 2 N–H and O–H groups in total. The first kappa shape index (κ1) is 19.5. The molecule has 0 radical (unpaired) electrons. The molecule has 0 bridgehead atoms. The summed E-state index contributed by atoms with van der Waals surface area (Å²) in [6, 6.07) is 8.97. The van der Waals surface area contributed by atoms with Crippen LogP contribution in [-0.4, -0.2) is 23.4 Å². The molecule has 0 spiro atoms. The Bertz CT molecular complexity index is 1180. The number of rotatable bonds is 4. The summed E-state index contributed by atoms with van der Waals surface area (Å²) in [6.45, 7) is 0. The van der Waals surface area contributed by atoms with Gasteiger partial charge in [0.1, 0.15) is 5.82 Å². The van der Waals surface area contributed by atoms with Crippen LogP contribution in [0.5, 0.6) is 0 Å². The molecule has 0 aliphatic heterocycles. The first-order chi connectivity index (χ1) is 13.6. The van der Waals surface area contributed by atoms with Crippen LogP contribution in [0.3, 0.4) is 0 Å². The molecule has 150 valence electrons. The van der Waals surface area contributed by atoms with Crippen molar-refractivity contribution in [1.82, 2.24) is 15.0 Å². The first-order valence-corrected chi connectivity index (χ1v) is 10.2. The second kappa shape index (κ2) is 6.89. The third-order valence-electron chi connectivity index (χ3n) is 4.78. The number of pyridine rings is 1. The molecule has 3 aromatic rings. The van der Waals surface area contributed by atoms with E-state index in [9.17, 15) is 21.6 Å². The van der Waals surface area contributed by atoms with Crippen molar-refractivity contribution in [3.05, 3.63) is 71.9 Å². The molecule has 1 aliphatic carbocycles. The summed E-state index contributed by atoms with van der Waals surface area (Å²) in [4.78, 5) is 12.3. The molecular formula is C19H15F3N4O2S. The van der Waals surface area contributed by atoms with Crippen molar-refractivity contribution in [3.8, 4) is 11.3 Å². The highest BCUT2D eigenvalue weighted by Crippen LogP contribution is 2.54. The van der Waals surface area contributed by atoms with Gasteiger partial charge in [-0.15, -0.1) is 0 Å². The van der Waals surface area contributed by atoms with Crippen LogP contribution < -0.4 is 5.14 Å². The highest BCUT2D eigenvalue weighted by Gasteiger charge is 2.44. The Hall–Kier alpha value is -2.85. The number of nitrogens with two attached hydrogens (primary N) is 1. The van der Waals surface area contributed by atoms with Gasteiger partial charge in [0.05, 0.1) is 16.2 Å². The molecule has 10 heteroatoms. The van der Waals surface area contributed by atoms with Gasteiger partial charge in [-0.05, 0) is 36.1 Å². The molecule has 4 rings (SSSR count). The number of sulfonamides is 1. The van der Waals surface area contributed by atoms with E-state index in [1.807, 2.05) is 0 Å². The van der Waals surface area contributed by atoms with E-state index < -0.39 is 21.8 Å². The van der Waals surface area contributed by atoms with Crippen molar-refractivity contribution in [2.75, 3.05) is 0 Å². The van der Waals surface area contributed by atoms with Crippen LogP contribution in [0.15, 0.2) is 59.9 Å². The molecule has 1 aliphatic rings. The maximum Gasteiger partial charge on any atom is 0.417 e. The third kappa shape index (κ3) is 3.99. The van der Waals surface area contributed by atoms with Crippen LogP contribution in [0, 0.1) is 0 Å². The van der Waals surface area contributed by atoms with Crippen molar-refractivity contribution < 1.29 is 21.6 Å². The Kier molecular flexibility index (Phi) is 4.62. The second-order valence-electron chi connectivity index (χ2n) is 6.79. The average molecular weight is 420 g/mol. The van der Waals surface area contributed by atoms with Crippen molar-refractivity contribution >= 4 is 10.0 Å². The van der Waals surface area contributed by atoms with Crippen molar-refractivity contribution in [3.63, 3.8) is 0 Å². The van der Waals surface area contributed by atoms with Crippen molar-refractivity contribution in [1.29, 1.82) is 0 Å². The lowest BCUT2D eigenvalue weighted by Gasteiger charge is -2.09. The van der Waals surface area contributed by atoms with E-state index in [2.05, 4.69) is 15.0 Å². The van der Waals surface area contributed by atoms with Crippen LogP contribution in [0.4, 0.5) is 13.2 Å². The lowest BCUT2D eigenvalue weighted by molar-refractivity contribution is -0.137. The molecule has 1 fully saturated rings. The molecule has 0 saturated heterocycles. The minimum Gasteiger partial charge on any atom is -0.263 e. The third-order valence-corrected chi connectivity index (χ3v) is 5.77. The molecule has 6 nitrogen and oxygen atoms in total. The Morgan fingerprint density at radius 2 is 1.83 bits per heavy atom. The monoisotopic (exact) mass is 420 g/mol. The fraction of sp³-hybridized carbons (Fsp3) is 0.211. The van der Waals surface area contributed by atoms with Gasteiger partial charge in [0, 0.05) is 30.1 Å². The van der Waals surface area contributed by atoms with Crippen LogP contribution >= 0.6 is 0 Å². The quantitative estimate of drug-likeness (QED) is 0.697. The molecule has 29 heavy (non-hydrogen) atoms. The lowest BCUT2D eigenvalue weighted by Crippen LogP contribution is -2.14. The Morgan fingerprint density at radius 3 is 2.55 bits per heavy atom. The first-order valence-electron chi connectivity index (χ1n) is 8.62. The molecule has 0 amide bonds. The standard InChI is InChI=1S/C19H15F3N4O2S/c20-19(21,22)12-7-11(9-24-10-12)16-5-6-25-18(26-16)15-8-14(15)13-3-1-2-4-17(13)29(23,27)28/h1-7,9-10,14-15H,8H2,(H2,23,27,28). The van der Waals surface area contributed by atoms with Gasteiger partial charge in [0.15, 0.2) is 0 Å². The Balaban J connectivity index is 1.64. The zero-order valence-electron chi connectivity index (χ0n) is 14.8. The fourth-order valence-electron chi connectivity index (χ4n) is 3.32. The summed E-state index contributed by atoms with van der Waals surface area (Å²) in [5.74, 6) is 0.171. The molecule has 2 heterocycles. The van der Waals surface area contributed by atoms with E-state index >= 15 is 0 Å². The number of aromatic nitrogens is 3. The van der Waals surface area contributed by atoms with E-state index in [0.29, 0.717) is 23.5 Å². The largest absolute Gasteiger partial charge is 0.417 e. The summed E-state index contributed by atoms with van der Waals surface area (Å²) >= 11 is 0. The molecule has 2 unspecified atom stereocenters. The van der Waals surface area contributed by atoms with Crippen LogP contribution in [0.1, 0.15) is 35.2 Å². The number of hydrogen-bond acceptors (Lipinski definition) is 5. The van der Waals surface area contributed by atoms with Gasteiger partial charge in [-0.3, -0.25) is 4.98 Å². The zero-order chi connectivity index (χ0) is 20.8. The summed E-state index contributed by atoms with van der Waals surface area (Å²) in [6.07, 6.45) is -0.345. The van der Waals surface area contributed by atoms with E-state index in [-0.39, 0.29) is 22.3 Å². The zero-order valence-corrected chi connectivity index (χ0v) is 15.7. The van der Waals surface area contributed by atoms with Crippen LogP contribution in [0.2, 0.25) is 0 Å². The van der Waals surface area contributed by atoms with Gasteiger partial charge in [-0.2, -0.15) is 13.2 Å². The highest BCUT2D eigenvalue weighted by molar-refractivity contribution is 7.89. The van der Waals surface area contributed by atoms with Gasteiger partial charge in [0.25, 0.3) is 0 Å². The van der Waals surface area contributed by atoms with Crippen LogP contribution in [-0.2, 0) is 16.2 Å². The number of primary sulfonamides is 1. The SMILES string of the molecule is NS(=O)(=O)c1ccccc1C1CC1c1nccc(-c2cncc(C(F)(F)F)c2)n1. The summed E-state index contributed by atoms with van der Waals surface area (Å²) in [7, 11) is -3.87. The number of halogens is 3. The van der Waals surface area contributed by atoms with Crippen molar-refractivity contribution in [2.24, 2.45) is 5.14 Å². The predicted octanol–water partition coefficient (Wildman–Crippen LogP) is 3.48. The maximum absolute atomic E-state index is 12.9. The predicted molar refractivity (Wildman–Crippen MR) is 98.2 cm³/mol. The summed E-state index contributed by atoms with van der Waals surface area (Å²) in [5.41, 5.74) is 0.279. The second-order valence-corrected chi connectivity index (χ2v) is 8.32. The van der Waals surface area contributed by atoms with Crippen molar-refractivity contribution in [2.45, 2.75) is 29.3 Å². The van der Waals surface area contributed by atoms with Gasteiger partial charge in [-0.1, -0.05) is 18.2 Å². The van der Waals surface area contributed by atoms with E-state index in [4.69, 9.17) is 5.14 Å². The number of hydrogen-bond donors (Lipinski definition) is 1. The lowest BCUT2D eigenvalue weighted by atomic mass is 10.1. The fourth-order valence-corrected chi connectivity index (χ4v) is 4.13. The van der Waals surface area contributed by atoms with Crippen LogP contribution in [0.25, 0.3) is 11.3 Å². The maximum atomic E-state index is 12.9. The molecule has 1 aromatic carbocycles. The number of alkyl halides is 3. The number of nitrogens with zero attached hydrogens (tertiary/aromatic N) is 3. The van der Waals surface area contributed by atoms with E-state index in [1.165, 1.54) is 24.5 Å². The highest BCUT2D eigenvalue weighted by atomic mass is 32.2. The molecular weight excluding hydrogens is 405 g/mol. The van der Waals surface area contributed by atoms with Gasteiger partial charge >= 0.3 is 6.18 Å². The van der Waals surface area contributed by atoms with Gasteiger partial charge < -0.3 is 0 Å². The summed E-state index contributed by atoms with van der Waals surface area (Å²) < 4.78 is 62.5. The molecule has 2 aromatic heterocycles. The number of benzene rings is 1. The summed E-state index contributed by atoms with van der Waals surface area (Å²) in [5, 5.41) is 5.30. The molecule has 2 atom stereocenters.